The zero-order valence-electron chi connectivity index (χ0n) is 21.6. The lowest BCUT2D eigenvalue weighted by molar-refractivity contribution is 0.0964. The van der Waals surface area contributed by atoms with Gasteiger partial charge in [-0.25, -0.2) is 19.3 Å². The van der Waals surface area contributed by atoms with Crippen LogP contribution in [0.5, 0.6) is 11.6 Å². The van der Waals surface area contributed by atoms with Crippen LogP contribution in [0.4, 0.5) is 10.2 Å². The second kappa shape index (κ2) is 12.5. The molecule has 38 heavy (non-hydrogen) atoms. The highest BCUT2D eigenvalue weighted by atomic mass is 32.2. The van der Waals surface area contributed by atoms with Gasteiger partial charge in [0.1, 0.15) is 18.0 Å². The van der Waals surface area contributed by atoms with Crippen LogP contribution < -0.4 is 20.1 Å². The summed E-state index contributed by atoms with van der Waals surface area (Å²) < 4.78 is 26.1. The minimum Gasteiger partial charge on any atom is -0.488 e. The molecule has 1 amide bonds. The highest BCUT2D eigenvalue weighted by molar-refractivity contribution is 7.98. The minimum absolute atomic E-state index is 0.0966. The lowest BCUT2D eigenvalue weighted by Crippen LogP contribution is -2.19. The van der Waals surface area contributed by atoms with Crippen molar-refractivity contribution in [3.05, 3.63) is 66.0 Å². The standard InChI is InChI=1S/C27H29FN6O3S/c1-5-36-21-11-16(13-32-27(21)37-6-2)20-12-23(34-15-33-20)31-14-22(38-4)17-7-8-19(28)24-18(26(35)29-3)9-10-30-25(17)24/h7-13,15,22H,5-6,14H2,1-4H3,(H,29,35)(H,31,33,34). The molecule has 2 N–H and O–H groups in total. The number of aromatic nitrogens is 4. The van der Waals surface area contributed by atoms with Crippen LogP contribution in [0, 0.1) is 5.82 Å². The minimum atomic E-state index is -0.487. The molecule has 4 rings (SSSR count). The number of ether oxygens (including phenoxy) is 2. The van der Waals surface area contributed by atoms with E-state index in [1.54, 1.807) is 24.0 Å². The molecule has 0 radical (unpaired) electrons. The van der Waals surface area contributed by atoms with Gasteiger partial charge in [-0.05, 0) is 43.9 Å². The molecule has 1 atom stereocenters. The van der Waals surface area contributed by atoms with Crippen LogP contribution in [0.2, 0.25) is 0 Å². The van der Waals surface area contributed by atoms with E-state index in [9.17, 15) is 9.18 Å². The number of rotatable bonds is 11. The number of amides is 1. The zero-order chi connectivity index (χ0) is 27.1. The van der Waals surface area contributed by atoms with E-state index in [1.165, 1.54) is 31.7 Å². The normalized spacial score (nSPS) is 11.7. The van der Waals surface area contributed by atoms with E-state index in [0.717, 1.165) is 11.1 Å². The van der Waals surface area contributed by atoms with Crippen molar-refractivity contribution in [2.45, 2.75) is 19.1 Å². The van der Waals surface area contributed by atoms with Gasteiger partial charge in [0.05, 0.1) is 30.0 Å². The molecule has 3 heterocycles. The van der Waals surface area contributed by atoms with Crippen molar-refractivity contribution in [3.8, 4) is 22.9 Å². The summed E-state index contributed by atoms with van der Waals surface area (Å²) in [5.41, 5.74) is 2.96. The molecule has 0 saturated heterocycles. The number of benzene rings is 1. The van der Waals surface area contributed by atoms with Crippen molar-refractivity contribution < 1.29 is 18.7 Å². The molecule has 3 aromatic heterocycles. The van der Waals surface area contributed by atoms with Gasteiger partial charge in [0.2, 0.25) is 0 Å². The monoisotopic (exact) mass is 536 g/mol. The number of halogens is 1. The highest BCUT2D eigenvalue weighted by Crippen LogP contribution is 2.34. The molecule has 11 heteroatoms. The lowest BCUT2D eigenvalue weighted by Gasteiger charge is -2.19. The molecule has 198 valence electrons. The quantitative estimate of drug-likeness (QED) is 0.276. The molecule has 0 fully saturated rings. The first-order chi connectivity index (χ1) is 18.5. The van der Waals surface area contributed by atoms with Crippen molar-refractivity contribution in [2.75, 3.05) is 38.4 Å². The first-order valence-corrected chi connectivity index (χ1v) is 13.4. The van der Waals surface area contributed by atoms with E-state index < -0.39 is 5.82 Å². The Balaban J connectivity index is 1.59. The first-order valence-electron chi connectivity index (χ1n) is 12.1. The van der Waals surface area contributed by atoms with E-state index in [0.29, 0.717) is 48.4 Å². The summed E-state index contributed by atoms with van der Waals surface area (Å²) in [6, 6.07) is 8.30. The summed E-state index contributed by atoms with van der Waals surface area (Å²) in [7, 11) is 1.52. The molecular formula is C27H29FN6O3S. The number of thioether (sulfide) groups is 1. The number of hydrogen-bond acceptors (Lipinski definition) is 9. The Morgan fingerprint density at radius 1 is 1.08 bits per heavy atom. The maximum absolute atomic E-state index is 14.8. The molecule has 0 saturated carbocycles. The molecule has 0 spiro atoms. The van der Waals surface area contributed by atoms with Crippen LogP contribution in [0.15, 0.2) is 49.1 Å². The van der Waals surface area contributed by atoms with E-state index in [4.69, 9.17) is 9.47 Å². The maximum atomic E-state index is 14.8. The fraction of sp³-hybridized carbons (Fsp3) is 0.296. The van der Waals surface area contributed by atoms with Crippen molar-refractivity contribution in [1.29, 1.82) is 0 Å². The highest BCUT2D eigenvalue weighted by Gasteiger charge is 2.20. The van der Waals surface area contributed by atoms with E-state index in [2.05, 4.69) is 30.6 Å². The van der Waals surface area contributed by atoms with Gasteiger partial charge in [0.15, 0.2) is 5.75 Å². The van der Waals surface area contributed by atoms with Crippen LogP contribution in [0.25, 0.3) is 22.2 Å². The molecule has 0 bridgehead atoms. The molecule has 0 aliphatic carbocycles. The third-order valence-corrected chi connectivity index (χ3v) is 6.80. The first kappa shape index (κ1) is 27.1. The molecule has 9 nitrogen and oxygen atoms in total. The number of carbonyl (C=O) groups excluding carboxylic acids is 1. The van der Waals surface area contributed by atoms with Gasteiger partial charge in [-0.1, -0.05) is 6.07 Å². The second-order valence-corrected chi connectivity index (χ2v) is 9.13. The Labute approximate surface area is 224 Å². The third-order valence-electron chi connectivity index (χ3n) is 5.81. The van der Waals surface area contributed by atoms with Crippen molar-refractivity contribution in [3.63, 3.8) is 0 Å². The summed E-state index contributed by atoms with van der Waals surface area (Å²) in [5.74, 6) is 0.754. The van der Waals surface area contributed by atoms with Crippen LogP contribution in [0.1, 0.15) is 35.0 Å². The fourth-order valence-corrected chi connectivity index (χ4v) is 4.73. The molecule has 1 unspecified atom stereocenters. The Hall–Kier alpha value is -3.99. The molecule has 4 aromatic rings. The molecule has 0 aliphatic rings. The van der Waals surface area contributed by atoms with E-state index >= 15 is 0 Å². The Morgan fingerprint density at radius 3 is 2.63 bits per heavy atom. The van der Waals surface area contributed by atoms with Gasteiger partial charge in [0, 0.05) is 48.3 Å². The largest absolute Gasteiger partial charge is 0.488 e. The summed E-state index contributed by atoms with van der Waals surface area (Å²) >= 11 is 1.59. The SMILES string of the molecule is CCOc1cc(-c2cc(NCC(SC)c3ccc(F)c4c(C(=O)NC)ccnc34)ncn2)cnc1OCC. The summed E-state index contributed by atoms with van der Waals surface area (Å²) in [5, 5.41) is 6.03. The number of nitrogens with zero attached hydrogens (tertiary/aromatic N) is 4. The number of fused-ring (bicyclic) bond motifs is 1. The van der Waals surface area contributed by atoms with Crippen molar-refractivity contribution in [1.82, 2.24) is 25.3 Å². The summed E-state index contributed by atoms with van der Waals surface area (Å²) in [6.07, 6.45) is 6.66. The van der Waals surface area contributed by atoms with Crippen LogP contribution >= 0.6 is 11.8 Å². The van der Waals surface area contributed by atoms with Gasteiger partial charge in [-0.15, -0.1) is 0 Å². The van der Waals surface area contributed by atoms with Crippen molar-refractivity contribution in [2.24, 2.45) is 0 Å². The molecule has 0 aliphatic heterocycles. The third kappa shape index (κ3) is 5.77. The number of pyridine rings is 2. The van der Waals surface area contributed by atoms with Gasteiger partial charge in [0.25, 0.3) is 11.8 Å². The number of anilines is 1. The summed E-state index contributed by atoms with van der Waals surface area (Å²) in [6.45, 7) is 5.24. The van der Waals surface area contributed by atoms with Gasteiger partial charge < -0.3 is 20.1 Å². The predicted octanol–water partition coefficient (Wildman–Crippen LogP) is 4.90. The van der Waals surface area contributed by atoms with Crippen molar-refractivity contribution >= 4 is 34.4 Å². The predicted molar refractivity (Wildman–Crippen MR) is 147 cm³/mol. The van der Waals surface area contributed by atoms with E-state index in [1.807, 2.05) is 32.2 Å². The maximum Gasteiger partial charge on any atom is 0.257 e. The van der Waals surface area contributed by atoms with Crippen LogP contribution in [-0.4, -0.2) is 58.9 Å². The zero-order valence-corrected chi connectivity index (χ0v) is 22.4. The van der Waals surface area contributed by atoms with Gasteiger partial charge in [-0.2, -0.15) is 11.8 Å². The smallest absolute Gasteiger partial charge is 0.257 e. The van der Waals surface area contributed by atoms with Crippen LogP contribution in [-0.2, 0) is 0 Å². The number of carbonyl (C=O) groups is 1. The topological polar surface area (TPSA) is 111 Å². The second-order valence-electron chi connectivity index (χ2n) is 8.08. The van der Waals surface area contributed by atoms with E-state index in [-0.39, 0.29) is 22.1 Å². The lowest BCUT2D eigenvalue weighted by atomic mass is 10.0. The Kier molecular flexibility index (Phi) is 8.90. The van der Waals surface area contributed by atoms with Gasteiger partial charge >= 0.3 is 0 Å². The molecule has 1 aromatic carbocycles. The Bertz CT molecular complexity index is 1440. The average molecular weight is 537 g/mol. The van der Waals surface area contributed by atoms with Crippen LogP contribution in [0.3, 0.4) is 0 Å². The Morgan fingerprint density at radius 2 is 1.89 bits per heavy atom. The number of hydrogen-bond donors (Lipinski definition) is 2. The fourth-order valence-electron chi connectivity index (χ4n) is 4.04. The van der Waals surface area contributed by atoms with Gasteiger partial charge in [-0.3, -0.25) is 9.78 Å². The summed E-state index contributed by atoms with van der Waals surface area (Å²) in [4.78, 5) is 29.9. The average Bonchev–Trinajstić information content (AvgIpc) is 2.95. The molecular weight excluding hydrogens is 507 g/mol. The number of nitrogens with one attached hydrogen (secondary N) is 2.